The van der Waals surface area contributed by atoms with Gasteiger partial charge in [0.15, 0.2) is 0 Å². The summed E-state index contributed by atoms with van der Waals surface area (Å²) in [6.45, 7) is 13.8. The first kappa shape index (κ1) is 24.2. The first-order valence-electron chi connectivity index (χ1n) is 11.3. The fraction of sp³-hybridized carbons (Fsp3) is 0.696. The minimum absolute atomic E-state index is 0.0362. The van der Waals surface area contributed by atoms with Crippen LogP contribution in [0.2, 0.25) is 0 Å². The van der Waals surface area contributed by atoms with Gasteiger partial charge >= 0.3 is 0 Å². The summed E-state index contributed by atoms with van der Waals surface area (Å²) in [5.41, 5.74) is 2.62. The van der Waals surface area contributed by atoms with Crippen molar-refractivity contribution >= 4 is 15.9 Å². The molecule has 174 valence electrons. The molecule has 2 aliphatic rings. The molecule has 1 aromatic carbocycles. The van der Waals surface area contributed by atoms with E-state index in [0.717, 1.165) is 36.3 Å². The van der Waals surface area contributed by atoms with Gasteiger partial charge in [-0.05, 0) is 58.6 Å². The fourth-order valence-corrected chi connectivity index (χ4v) is 6.89. The van der Waals surface area contributed by atoms with Crippen LogP contribution in [0.4, 0.5) is 0 Å². The molecule has 3 rings (SSSR count). The van der Waals surface area contributed by atoms with Gasteiger partial charge in [0, 0.05) is 45.2 Å². The molecule has 2 heterocycles. The smallest absolute Gasteiger partial charge is 0.243 e. The second kappa shape index (κ2) is 9.98. The quantitative estimate of drug-likeness (QED) is 0.718. The molecule has 2 saturated heterocycles. The van der Waals surface area contributed by atoms with Crippen LogP contribution >= 0.6 is 0 Å². The number of hydrogen-bond donors (Lipinski definition) is 1. The van der Waals surface area contributed by atoms with E-state index in [-0.39, 0.29) is 24.0 Å². The van der Waals surface area contributed by atoms with Crippen LogP contribution in [-0.2, 0) is 19.6 Å². The first-order valence-corrected chi connectivity index (χ1v) is 12.8. The molecular weight excluding hydrogens is 414 g/mol. The van der Waals surface area contributed by atoms with Crippen LogP contribution in [0.5, 0.6) is 0 Å². The van der Waals surface area contributed by atoms with E-state index in [0.29, 0.717) is 37.4 Å². The SMILES string of the molecule is Cc1cc(C)c(S(=O)(=O)N2CCC(C(=O)NCCN3CC(C)OC(C)C3)CC2)c(C)c1. The highest BCUT2D eigenvalue weighted by Crippen LogP contribution is 2.28. The zero-order chi connectivity index (χ0) is 22.8. The number of morpholine rings is 1. The lowest BCUT2D eigenvalue weighted by Crippen LogP contribution is -2.49. The molecule has 0 saturated carbocycles. The zero-order valence-electron chi connectivity index (χ0n) is 19.5. The van der Waals surface area contributed by atoms with Crippen LogP contribution in [0.15, 0.2) is 17.0 Å². The van der Waals surface area contributed by atoms with Gasteiger partial charge in [0.25, 0.3) is 0 Å². The van der Waals surface area contributed by atoms with Crippen molar-refractivity contribution in [3.8, 4) is 0 Å². The van der Waals surface area contributed by atoms with Gasteiger partial charge in [-0.1, -0.05) is 17.7 Å². The summed E-state index contributed by atoms with van der Waals surface area (Å²) in [4.78, 5) is 15.4. The highest BCUT2D eigenvalue weighted by atomic mass is 32.2. The Balaban J connectivity index is 1.50. The maximum Gasteiger partial charge on any atom is 0.243 e. The van der Waals surface area contributed by atoms with Gasteiger partial charge in [0.05, 0.1) is 17.1 Å². The predicted molar refractivity (Wildman–Crippen MR) is 122 cm³/mol. The number of hydrogen-bond acceptors (Lipinski definition) is 5. The second-order valence-corrected chi connectivity index (χ2v) is 11.1. The highest BCUT2D eigenvalue weighted by Gasteiger charge is 2.33. The van der Waals surface area contributed by atoms with Crippen molar-refractivity contribution in [1.29, 1.82) is 0 Å². The van der Waals surface area contributed by atoms with E-state index < -0.39 is 10.0 Å². The molecule has 1 aromatic rings. The average molecular weight is 452 g/mol. The number of benzene rings is 1. The van der Waals surface area contributed by atoms with E-state index in [4.69, 9.17) is 4.74 Å². The van der Waals surface area contributed by atoms with Crippen LogP contribution < -0.4 is 5.32 Å². The van der Waals surface area contributed by atoms with Crippen LogP contribution in [0, 0.1) is 26.7 Å². The summed E-state index contributed by atoms with van der Waals surface area (Å²) in [5.74, 6) is -0.0942. The Labute approximate surface area is 187 Å². The number of nitrogens with zero attached hydrogens (tertiary/aromatic N) is 2. The largest absolute Gasteiger partial charge is 0.373 e. The van der Waals surface area contributed by atoms with Crippen molar-refractivity contribution < 1.29 is 17.9 Å². The average Bonchev–Trinajstić information content (AvgIpc) is 2.66. The number of carbonyl (C=O) groups excluding carboxylic acids is 1. The minimum atomic E-state index is -3.55. The Bertz CT molecular complexity index is 861. The van der Waals surface area contributed by atoms with Gasteiger partial charge in [-0.15, -0.1) is 0 Å². The Morgan fingerprint density at radius 1 is 1.06 bits per heavy atom. The van der Waals surface area contributed by atoms with E-state index in [2.05, 4.69) is 24.1 Å². The van der Waals surface area contributed by atoms with Gasteiger partial charge in [0.1, 0.15) is 0 Å². The van der Waals surface area contributed by atoms with Crippen LogP contribution in [0.1, 0.15) is 43.4 Å². The standard InChI is InChI=1S/C23H37N3O4S/c1-16-12-17(2)22(18(3)13-16)31(28,29)26-9-6-21(7-10-26)23(27)24-8-11-25-14-19(4)30-20(5)15-25/h12-13,19-21H,6-11,14-15H2,1-5H3,(H,24,27). The molecule has 31 heavy (non-hydrogen) atoms. The number of aryl methyl sites for hydroxylation is 3. The first-order chi connectivity index (χ1) is 14.6. The number of rotatable bonds is 6. The third-order valence-electron chi connectivity index (χ3n) is 6.25. The van der Waals surface area contributed by atoms with Gasteiger partial charge in [0.2, 0.25) is 15.9 Å². The summed E-state index contributed by atoms with van der Waals surface area (Å²) < 4.78 is 33.7. The maximum atomic E-state index is 13.2. The van der Waals surface area contributed by atoms with Crippen LogP contribution in [0.3, 0.4) is 0 Å². The molecule has 2 atom stereocenters. The van der Waals surface area contributed by atoms with Gasteiger partial charge in [-0.3, -0.25) is 9.69 Å². The third kappa shape index (κ3) is 5.86. The topological polar surface area (TPSA) is 79.0 Å². The summed E-state index contributed by atoms with van der Waals surface area (Å²) in [5, 5.41) is 3.05. The van der Waals surface area contributed by atoms with Gasteiger partial charge < -0.3 is 10.1 Å². The molecular formula is C23H37N3O4S. The van der Waals surface area contributed by atoms with E-state index >= 15 is 0 Å². The Morgan fingerprint density at radius 2 is 1.61 bits per heavy atom. The van der Waals surface area contributed by atoms with Crippen LogP contribution in [0.25, 0.3) is 0 Å². The fourth-order valence-electron chi connectivity index (χ4n) is 5.01. The Hall–Kier alpha value is -1.48. The maximum absolute atomic E-state index is 13.2. The summed E-state index contributed by atoms with van der Waals surface area (Å²) in [7, 11) is -3.55. The van der Waals surface area contributed by atoms with Crippen molar-refractivity contribution in [2.45, 2.75) is 64.6 Å². The normalized spacial score (nSPS) is 24.3. The molecule has 0 bridgehead atoms. The van der Waals surface area contributed by atoms with E-state index in [1.54, 1.807) is 0 Å². The summed E-state index contributed by atoms with van der Waals surface area (Å²) in [6, 6.07) is 3.83. The Morgan fingerprint density at radius 3 is 2.16 bits per heavy atom. The van der Waals surface area contributed by atoms with Crippen LogP contribution in [-0.4, -0.2) is 75.0 Å². The molecule has 2 aliphatic heterocycles. The van der Waals surface area contributed by atoms with Crippen molar-refractivity contribution in [3.63, 3.8) is 0 Å². The lowest BCUT2D eigenvalue weighted by Gasteiger charge is -2.35. The molecule has 1 N–H and O–H groups in total. The molecule has 2 unspecified atom stereocenters. The molecule has 0 aliphatic carbocycles. The minimum Gasteiger partial charge on any atom is -0.373 e. The molecule has 1 amide bonds. The lowest BCUT2D eigenvalue weighted by molar-refractivity contribution is -0.126. The predicted octanol–water partition coefficient (Wildman–Crippen LogP) is 2.24. The Kier molecular flexibility index (Phi) is 7.78. The monoisotopic (exact) mass is 451 g/mol. The number of nitrogens with one attached hydrogen (secondary N) is 1. The molecule has 0 spiro atoms. The number of amides is 1. The summed E-state index contributed by atoms with van der Waals surface area (Å²) >= 11 is 0. The molecule has 0 aromatic heterocycles. The number of ether oxygens (including phenoxy) is 1. The second-order valence-electron chi connectivity index (χ2n) is 9.21. The molecule has 0 radical (unpaired) electrons. The van der Waals surface area contributed by atoms with Crippen molar-refractivity contribution in [2.75, 3.05) is 39.3 Å². The molecule has 8 heteroatoms. The van der Waals surface area contributed by atoms with Gasteiger partial charge in [-0.25, -0.2) is 8.42 Å². The van der Waals surface area contributed by atoms with E-state index in [9.17, 15) is 13.2 Å². The number of piperidine rings is 1. The molecule has 2 fully saturated rings. The van der Waals surface area contributed by atoms with E-state index in [1.165, 1.54) is 4.31 Å². The van der Waals surface area contributed by atoms with Crippen molar-refractivity contribution in [2.24, 2.45) is 5.92 Å². The number of carbonyl (C=O) groups is 1. The highest BCUT2D eigenvalue weighted by molar-refractivity contribution is 7.89. The van der Waals surface area contributed by atoms with E-state index in [1.807, 2.05) is 32.9 Å². The third-order valence-corrected chi connectivity index (χ3v) is 8.45. The zero-order valence-corrected chi connectivity index (χ0v) is 20.3. The van der Waals surface area contributed by atoms with Gasteiger partial charge in [-0.2, -0.15) is 4.31 Å². The molecule has 7 nitrogen and oxygen atoms in total. The summed E-state index contributed by atoms with van der Waals surface area (Å²) in [6.07, 6.45) is 1.54. The van der Waals surface area contributed by atoms with Crippen molar-refractivity contribution in [3.05, 3.63) is 28.8 Å². The lowest BCUT2D eigenvalue weighted by atomic mass is 9.97. The van der Waals surface area contributed by atoms with Crippen molar-refractivity contribution in [1.82, 2.24) is 14.5 Å². The number of sulfonamides is 1.